The first kappa shape index (κ1) is 43.3. The Labute approximate surface area is 280 Å². The fraction of sp³-hybridized carbons (Fsp3) is 0.788. The normalized spacial score (nSPS) is 12.7. The molecule has 0 aromatic heterocycles. The van der Waals surface area contributed by atoms with Crippen LogP contribution in [0.15, 0.2) is 0 Å². The van der Waals surface area contributed by atoms with Gasteiger partial charge in [-0.2, -0.15) is 0 Å². The molecule has 0 saturated heterocycles. The van der Waals surface area contributed by atoms with E-state index in [2.05, 4.69) is 37.2 Å². The molecule has 0 aromatic rings. The van der Waals surface area contributed by atoms with E-state index < -0.39 is 33.2 Å². The van der Waals surface area contributed by atoms with Crippen molar-refractivity contribution in [2.24, 2.45) is 0 Å². The van der Waals surface area contributed by atoms with Gasteiger partial charge < -0.3 is 37.2 Å². The van der Waals surface area contributed by atoms with Crippen LogP contribution in [0.5, 0.6) is 0 Å². The minimum Gasteiger partial charge on any atom is -0.359 e. The van der Waals surface area contributed by atoms with Crippen molar-refractivity contribution in [2.45, 2.75) is 162 Å². The van der Waals surface area contributed by atoms with E-state index in [-0.39, 0.29) is 79.9 Å². The Hall–Kier alpha value is -3.71. The van der Waals surface area contributed by atoms with Crippen LogP contribution in [0.2, 0.25) is 0 Å². The number of carbonyl (C=O) groups is 7. The fourth-order valence-electron chi connectivity index (χ4n) is 5.35. The van der Waals surface area contributed by atoms with Crippen LogP contribution >= 0.6 is 0 Å². The van der Waals surface area contributed by atoms with E-state index in [9.17, 15) is 33.6 Å². The first-order valence-electron chi connectivity index (χ1n) is 15.9. The number of hydrogen-bond acceptors (Lipinski definition) is 7. The summed E-state index contributed by atoms with van der Waals surface area (Å²) in [6.45, 7) is 22.0. The van der Waals surface area contributed by atoms with E-state index in [1.165, 1.54) is 14.0 Å². The Balaban J connectivity index is 5.01. The topological polar surface area (TPSA) is 204 Å². The predicted octanol–water partition coefficient (Wildman–Crippen LogP) is 1.46. The summed E-state index contributed by atoms with van der Waals surface area (Å²) in [5.74, 6) is -2.20. The molecule has 0 aliphatic carbocycles. The summed E-state index contributed by atoms with van der Waals surface area (Å²) in [5.41, 5.74) is -5.18. The lowest BCUT2D eigenvalue weighted by Crippen LogP contribution is -2.55. The van der Waals surface area contributed by atoms with Crippen LogP contribution in [0.4, 0.5) is 0 Å². The molecular weight excluding hydrogens is 606 g/mol. The zero-order valence-corrected chi connectivity index (χ0v) is 31.1. The van der Waals surface area contributed by atoms with Crippen molar-refractivity contribution in [2.75, 3.05) is 7.05 Å². The third-order valence-electron chi connectivity index (χ3n) is 6.80. The van der Waals surface area contributed by atoms with Gasteiger partial charge in [0.15, 0.2) is 0 Å². The van der Waals surface area contributed by atoms with Crippen LogP contribution < -0.4 is 37.2 Å². The van der Waals surface area contributed by atoms with E-state index in [1.54, 1.807) is 83.1 Å². The molecule has 0 bridgehead atoms. The fourth-order valence-corrected chi connectivity index (χ4v) is 5.35. The van der Waals surface area contributed by atoms with E-state index in [0.29, 0.717) is 0 Å². The van der Waals surface area contributed by atoms with Gasteiger partial charge in [0, 0.05) is 85.7 Å². The van der Waals surface area contributed by atoms with Crippen molar-refractivity contribution >= 4 is 41.4 Å². The highest BCUT2D eigenvalue weighted by molar-refractivity contribution is 5.85. The van der Waals surface area contributed by atoms with E-state index in [0.717, 1.165) is 0 Å². The quantitative estimate of drug-likeness (QED) is 0.115. The first-order valence-corrected chi connectivity index (χ1v) is 15.9. The summed E-state index contributed by atoms with van der Waals surface area (Å²) in [4.78, 5) is 87.1. The van der Waals surface area contributed by atoms with Crippen LogP contribution in [0, 0.1) is 0 Å². The molecule has 0 fully saturated rings. The number of hydrogen-bond donors (Lipinski definition) is 7. The lowest BCUT2D eigenvalue weighted by Gasteiger charge is -2.33. The predicted molar refractivity (Wildman–Crippen MR) is 181 cm³/mol. The van der Waals surface area contributed by atoms with Gasteiger partial charge in [-0.05, 0) is 83.1 Å². The molecule has 0 aliphatic heterocycles. The molecule has 270 valence electrons. The van der Waals surface area contributed by atoms with Gasteiger partial charge in [0.1, 0.15) is 0 Å². The highest BCUT2D eigenvalue weighted by Gasteiger charge is 2.34. The van der Waals surface area contributed by atoms with Gasteiger partial charge in [0.2, 0.25) is 41.4 Å². The molecule has 7 N–H and O–H groups in total. The number of rotatable bonds is 18. The largest absolute Gasteiger partial charge is 0.359 e. The monoisotopic (exact) mass is 667 g/mol. The maximum Gasteiger partial charge on any atom is 0.222 e. The first-order chi connectivity index (χ1) is 20.9. The molecule has 47 heavy (non-hydrogen) atoms. The molecule has 0 rings (SSSR count). The summed E-state index contributed by atoms with van der Waals surface area (Å²) in [5, 5.41) is 19.5. The average molecular weight is 668 g/mol. The van der Waals surface area contributed by atoms with Crippen molar-refractivity contribution in [1.82, 2.24) is 37.2 Å². The minimum atomic E-state index is -0.938. The third kappa shape index (κ3) is 20.2. The van der Waals surface area contributed by atoms with Crippen LogP contribution in [0.25, 0.3) is 0 Å². The van der Waals surface area contributed by atoms with Gasteiger partial charge in [-0.3, -0.25) is 33.6 Å². The lowest BCUT2D eigenvalue weighted by atomic mass is 9.93. The molecule has 14 heteroatoms. The van der Waals surface area contributed by atoms with Crippen LogP contribution in [-0.4, -0.2) is 81.6 Å². The second-order valence-corrected chi connectivity index (χ2v) is 16.5. The molecule has 0 radical (unpaired) electrons. The van der Waals surface area contributed by atoms with Gasteiger partial charge in [-0.1, -0.05) is 0 Å². The summed E-state index contributed by atoms with van der Waals surface area (Å²) in [7, 11) is 1.52. The Kier molecular flexibility index (Phi) is 15.1. The average Bonchev–Trinajstić information content (AvgIpc) is 2.72. The Morgan fingerprint density at radius 2 is 0.511 bits per heavy atom. The van der Waals surface area contributed by atoms with Crippen LogP contribution in [0.3, 0.4) is 0 Å². The summed E-state index contributed by atoms with van der Waals surface area (Å²) in [6, 6.07) is 0. The van der Waals surface area contributed by atoms with E-state index >= 15 is 0 Å². The second-order valence-electron chi connectivity index (χ2n) is 16.5. The molecule has 0 aliphatic rings. The highest BCUT2D eigenvalue weighted by Crippen LogP contribution is 2.18. The highest BCUT2D eigenvalue weighted by atomic mass is 16.2. The van der Waals surface area contributed by atoms with Crippen molar-refractivity contribution in [3.05, 3.63) is 0 Å². The van der Waals surface area contributed by atoms with Crippen LogP contribution in [-0.2, 0) is 33.6 Å². The van der Waals surface area contributed by atoms with Gasteiger partial charge >= 0.3 is 0 Å². The molecule has 0 aromatic carbocycles. The molecule has 14 nitrogen and oxygen atoms in total. The number of amides is 7. The summed E-state index contributed by atoms with van der Waals surface area (Å²) < 4.78 is 0. The van der Waals surface area contributed by atoms with Crippen molar-refractivity contribution in [1.29, 1.82) is 0 Å². The standard InChI is InChI=1S/C33H61N7O7/c1-21(41)35-28(2,3)16-23(43)37-30(6,7)18-25(45)39-32(10,11)20-27(47)40-33(12,13)19-26(46)38-31(8,9)17-24(44)36-29(4,5)15-22(42)34-14/h15-20H2,1-14H3,(H,34,42)(H,35,41)(H,36,44)(H,37,43)(H,38,46)(H,39,45)(H,40,47). The zero-order valence-electron chi connectivity index (χ0n) is 31.1. The van der Waals surface area contributed by atoms with Gasteiger partial charge in [-0.25, -0.2) is 0 Å². The lowest BCUT2D eigenvalue weighted by molar-refractivity contribution is -0.129. The van der Waals surface area contributed by atoms with Gasteiger partial charge in [-0.15, -0.1) is 0 Å². The van der Waals surface area contributed by atoms with Gasteiger partial charge in [0.25, 0.3) is 0 Å². The van der Waals surface area contributed by atoms with Gasteiger partial charge in [0.05, 0.1) is 0 Å². The molecular formula is C33H61N7O7. The molecule has 0 spiro atoms. The minimum absolute atomic E-state index is 0.0217. The second kappa shape index (κ2) is 16.4. The molecule has 7 amide bonds. The molecule has 0 heterocycles. The Morgan fingerprint density at radius 1 is 0.340 bits per heavy atom. The number of carbonyl (C=O) groups excluding carboxylic acids is 7. The summed E-state index contributed by atoms with van der Waals surface area (Å²) in [6.07, 6.45) is -0.0676. The van der Waals surface area contributed by atoms with Crippen molar-refractivity contribution < 1.29 is 33.6 Å². The van der Waals surface area contributed by atoms with Crippen LogP contribution in [0.1, 0.15) is 129 Å². The van der Waals surface area contributed by atoms with E-state index in [1.807, 2.05) is 0 Å². The zero-order chi connectivity index (χ0) is 37.2. The Bertz CT molecular complexity index is 1190. The van der Waals surface area contributed by atoms with Crippen molar-refractivity contribution in [3.63, 3.8) is 0 Å². The van der Waals surface area contributed by atoms with E-state index in [4.69, 9.17) is 0 Å². The maximum absolute atomic E-state index is 13.0. The number of nitrogens with one attached hydrogen (secondary N) is 7. The SMILES string of the molecule is CNC(=O)CC(C)(C)NC(=O)CC(C)(C)NC(=O)CC(C)(C)NC(=O)CC(C)(C)NC(=O)CC(C)(C)NC(=O)CC(C)(C)NC(C)=O. The maximum atomic E-state index is 13.0. The molecule has 0 saturated carbocycles. The Morgan fingerprint density at radius 3 is 0.681 bits per heavy atom. The molecule has 0 atom stereocenters. The van der Waals surface area contributed by atoms with Crippen molar-refractivity contribution in [3.8, 4) is 0 Å². The summed E-state index contributed by atoms with van der Waals surface area (Å²) >= 11 is 0. The third-order valence-corrected chi connectivity index (χ3v) is 6.80. The smallest absolute Gasteiger partial charge is 0.222 e. The molecule has 0 unspecified atom stereocenters.